The fourth-order valence-electron chi connectivity index (χ4n) is 8.59. The molecule has 2 aromatic carbocycles. The predicted molar refractivity (Wildman–Crippen MR) is 249 cm³/mol. The molecular weight excluding hydrogens is 864 g/mol. The summed E-state index contributed by atoms with van der Waals surface area (Å²) in [5.41, 5.74) is 4.72. The molecule has 1 aliphatic carbocycles. The Bertz CT molecular complexity index is 2500. The molecule has 66 heavy (non-hydrogen) atoms. The summed E-state index contributed by atoms with van der Waals surface area (Å²) in [6.45, 7) is 4.86. The first-order valence-corrected chi connectivity index (χ1v) is 22.7. The molecule has 5 heterocycles. The second-order valence-corrected chi connectivity index (χ2v) is 16.9. The molecule has 344 valence electrons. The number of hydrogen-bond acceptors (Lipinski definition) is 13. The Morgan fingerprint density at radius 3 is 2.48 bits per heavy atom. The lowest BCUT2D eigenvalue weighted by molar-refractivity contribution is -0.136. The molecule has 8 rings (SSSR count). The maximum atomic E-state index is 13.2. The molecule has 6 amide bonds. The van der Waals surface area contributed by atoms with Gasteiger partial charge < -0.3 is 46.0 Å². The lowest BCUT2D eigenvalue weighted by atomic mass is 9.91. The number of carbonyl (C=O) groups excluding carboxylic acids is 5. The summed E-state index contributed by atoms with van der Waals surface area (Å²) in [4.78, 5) is 81.0. The fourth-order valence-corrected chi connectivity index (χ4v) is 8.72. The van der Waals surface area contributed by atoms with Gasteiger partial charge in [0, 0.05) is 99.9 Å². The summed E-state index contributed by atoms with van der Waals surface area (Å²) in [6.07, 6.45) is 7.97. The van der Waals surface area contributed by atoms with Gasteiger partial charge in [-0.1, -0.05) is 23.4 Å². The minimum atomic E-state index is -0.635. The van der Waals surface area contributed by atoms with Gasteiger partial charge in [-0.2, -0.15) is 4.98 Å². The average molecular weight is 917 g/mol. The van der Waals surface area contributed by atoms with E-state index < -0.39 is 11.9 Å². The van der Waals surface area contributed by atoms with Crippen LogP contribution in [0, 0.1) is 11.8 Å². The summed E-state index contributed by atoms with van der Waals surface area (Å²) in [7, 11) is 1.54. The number of hydrogen-bond donors (Lipinski definition) is 6. The van der Waals surface area contributed by atoms with E-state index in [0.29, 0.717) is 74.7 Å². The van der Waals surface area contributed by atoms with Crippen LogP contribution in [0.5, 0.6) is 0 Å². The smallest absolute Gasteiger partial charge is 0.317 e. The van der Waals surface area contributed by atoms with Crippen LogP contribution in [0.25, 0.3) is 0 Å². The zero-order chi connectivity index (χ0) is 46.0. The topological polar surface area (TPSA) is 215 Å². The second kappa shape index (κ2) is 21.5. The molecule has 6 N–H and O–H groups in total. The Labute approximate surface area is 388 Å². The number of piperidine rings is 1. The molecular formula is C47H53ClN12O6. The SMILES string of the molecule is CNC(=O)c1ncccc1Nc1nc(Nc2ccc(N3CCN(C(=O)NC4CCC(NCCOCCC#Cc5ccc6c(c5)CN(C5CCC(=O)NC5=O)C6=O)CC4)CC3)cc2)ncc1Cl. The highest BCUT2D eigenvalue weighted by Gasteiger charge is 2.39. The Balaban J connectivity index is 0.687. The Morgan fingerprint density at radius 1 is 0.924 bits per heavy atom. The van der Waals surface area contributed by atoms with Crippen molar-refractivity contribution in [3.8, 4) is 11.8 Å². The van der Waals surface area contributed by atoms with E-state index in [0.717, 1.165) is 67.8 Å². The number of anilines is 5. The maximum absolute atomic E-state index is 13.2. The van der Waals surface area contributed by atoms with Crippen molar-refractivity contribution in [1.82, 2.24) is 46.0 Å². The Kier molecular flexibility index (Phi) is 14.9. The second-order valence-electron chi connectivity index (χ2n) is 16.5. The Hall–Kier alpha value is -6.81. The molecule has 18 nitrogen and oxygen atoms in total. The van der Waals surface area contributed by atoms with Gasteiger partial charge in [-0.05, 0) is 92.3 Å². The molecule has 0 bridgehead atoms. The van der Waals surface area contributed by atoms with E-state index in [1.165, 1.54) is 24.3 Å². The van der Waals surface area contributed by atoms with Crippen LogP contribution in [-0.2, 0) is 20.9 Å². The van der Waals surface area contributed by atoms with E-state index in [1.807, 2.05) is 41.3 Å². The standard InChI is InChI=1S/C47H53ClN12O6/c1-49-44(63)41-38(6-4-19-51-41)55-42-37(48)28-52-46(57-42)53-33-12-14-35(15-13-33)58-21-23-59(24-22-58)47(65)54-34-10-8-32(9-11-34)50-20-26-66-25-3-2-5-30-7-16-36-31(27-30)29-60(45(36)64)39-17-18-40(61)56-43(39)62/h4,6-7,12-16,19,27-28,32,34,39,50H,3,8-11,17-18,20-26,29H2,1H3,(H,49,63)(H,54,65)(H,56,61,62)(H2,52,53,55,57). The van der Waals surface area contributed by atoms with Crippen molar-refractivity contribution in [2.45, 2.75) is 69.6 Å². The third kappa shape index (κ3) is 11.3. The molecule has 19 heteroatoms. The molecule has 3 aliphatic heterocycles. The highest BCUT2D eigenvalue weighted by molar-refractivity contribution is 6.33. The highest BCUT2D eigenvalue weighted by Crippen LogP contribution is 2.30. The van der Waals surface area contributed by atoms with Crippen molar-refractivity contribution in [1.29, 1.82) is 0 Å². The van der Waals surface area contributed by atoms with E-state index in [9.17, 15) is 24.0 Å². The monoisotopic (exact) mass is 916 g/mol. The van der Waals surface area contributed by atoms with Gasteiger partial charge in [0.15, 0.2) is 11.5 Å². The zero-order valence-electron chi connectivity index (χ0n) is 36.7. The molecule has 2 aromatic heterocycles. The molecule has 0 radical (unpaired) electrons. The third-order valence-electron chi connectivity index (χ3n) is 12.2. The van der Waals surface area contributed by atoms with E-state index in [1.54, 1.807) is 18.2 Å². The number of amides is 6. The molecule has 2 saturated heterocycles. The third-order valence-corrected chi connectivity index (χ3v) is 12.4. The summed E-state index contributed by atoms with van der Waals surface area (Å²) < 4.78 is 5.82. The molecule has 1 unspecified atom stereocenters. The molecule has 4 aromatic rings. The molecule has 3 fully saturated rings. The summed E-state index contributed by atoms with van der Waals surface area (Å²) >= 11 is 6.38. The van der Waals surface area contributed by atoms with Crippen molar-refractivity contribution >= 4 is 70.1 Å². The van der Waals surface area contributed by atoms with Gasteiger partial charge in [0.2, 0.25) is 17.8 Å². The van der Waals surface area contributed by atoms with E-state index in [2.05, 4.69) is 63.6 Å². The van der Waals surface area contributed by atoms with Crippen molar-refractivity contribution in [2.75, 3.05) is 68.5 Å². The summed E-state index contributed by atoms with van der Waals surface area (Å²) in [5, 5.41) is 18.4. The number of nitrogens with zero attached hydrogens (tertiary/aromatic N) is 6. The predicted octanol–water partition coefficient (Wildman–Crippen LogP) is 4.32. The molecule has 4 aliphatic rings. The number of imide groups is 1. The van der Waals surface area contributed by atoms with Crippen molar-refractivity contribution in [3.05, 3.63) is 94.4 Å². The molecule has 0 spiro atoms. The van der Waals surface area contributed by atoms with Crippen LogP contribution in [0.3, 0.4) is 0 Å². The number of benzene rings is 2. The minimum absolute atomic E-state index is 0.00462. The lowest BCUT2D eigenvalue weighted by Gasteiger charge is -2.37. The number of carbonyl (C=O) groups is 5. The van der Waals surface area contributed by atoms with Gasteiger partial charge in [0.1, 0.15) is 11.1 Å². The number of urea groups is 1. The zero-order valence-corrected chi connectivity index (χ0v) is 37.5. The largest absolute Gasteiger partial charge is 0.379 e. The van der Waals surface area contributed by atoms with Crippen molar-refractivity contribution in [3.63, 3.8) is 0 Å². The minimum Gasteiger partial charge on any atom is -0.379 e. The van der Waals surface area contributed by atoms with Gasteiger partial charge >= 0.3 is 6.03 Å². The van der Waals surface area contributed by atoms with Gasteiger partial charge in [-0.25, -0.2) is 14.8 Å². The van der Waals surface area contributed by atoms with E-state index >= 15 is 0 Å². The van der Waals surface area contributed by atoms with Gasteiger partial charge in [-0.3, -0.25) is 24.5 Å². The van der Waals surface area contributed by atoms with Crippen molar-refractivity contribution in [2.24, 2.45) is 0 Å². The van der Waals surface area contributed by atoms with Gasteiger partial charge in [0.25, 0.3) is 11.8 Å². The lowest BCUT2D eigenvalue weighted by Crippen LogP contribution is -2.54. The molecule has 1 atom stereocenters. The normalized spacial score (nSPS) is 19.3. The number of piperazine rings is 1. The van der Waals surface area contributed by atoms with Crippen LogP contribution < -0.4 is 36.8 Å². The highest BCUT2D eigenvalue weighted by atomic mass is 35.5. The van der Waals surface area contributed by atoms with Crippen LogP contribution in [0.1, 0.15) is 76.9 Å². The number of aromatic nitrogens is 3. The average Bonchev–Trinajstić information content (AvgIpc) is 3.66. The van der Waals surface area contributed by atoms with Gasteiger partial charge in [-0.15, -0.1) is 0 Å². The first-order chi connectivity index (χ1) is 32.1. The van der Waals surface area contributed by atoms with Crippen LogP contribution in [0.15, 0.2) is 67.0 Å². The molecule has 1 saturated carbocycles. The number of halogens is 1. The first kappa shape index (κ1) is 45.7. The number of ether oxygens (including phenoxy) is 1. The van der Waals surface area contributed by atoms with Crippen LogP contribution in [0.2, 0.25) is 5.02 Å². The van der Waals surface area contributed by atoms with Crippen LogP contribution in [0.4, 0.5) is 33.6 Å². The van der Waals surface area contributed by atoms with E-state index in [4.69, 9.17) is 16.3 Å². The quantitative estimate of drug-likeness (QED) is 0.0592. The van der Waals surface area contributed by atoms with Crippen molar-refractivity contribution < 1.29 is 28.7 Å². The summed E-state index contributed by atoms with van der Waals surface area (Å²) in [5.74, 6) is 5.70. The maximum Gasteiger partial charge on any atom is 0.317 e. The first-order valence-electron chi connectivity index (χ1n) is 22.3. The summed E-state index contributed by atoms with van der Waals surface area (Å²) in [6, 6.07) is 16.8. The fraction of sp³-hybridized carbons (Fsp3) is 0.404. The van der Waals surface area contributed by atoms with Crippen LogP contribution >= 0.6 is 11.6 Å². The number of rotatable bonds is 14. The van der Waals surface area contributed by atoms with E-state index in [-0.39, 0.29) is 46.9 Å². The number of pyridine rings is 1. The Morgan fingerprint density at radius 2 is 1.71 bits per heavy atom. The van der Waals surface area contributed by atoms with Gasteiger partial charge in [0.05, 0.1) is 25.1 Å². The van der Waals surface area contributed by atoms with Crippen LogP contribution in [-0.4, -0.2) is 126 Å². The number of nitrogens with one attached hydrogen (secondary N) is 6. The number of fused-ring (bicyclic) bond motifs is 1.